The molecule has 0 atom stereocenters. The number of hydrogen-bond acceptors (Lipinski definition) is 4. The standard InChI is InChI=1S/C19H22FN3O3S/c1-15(11-12-16-7-4-3-5-8-16)21-22-19(24)14-23(27(2,25)26)18-10-6-9-17(20)13-18/h3-10,13H,11-12,14H2,1-2H3,(H,22,24)/b21-15-. The molecule has 0 aliphatic rings. The molecule has 6 nitrogen and oxygen atoms in total. The Labute approximate surface area is 158 Å². The number of nitrogens with zero attached hydrogens (tertiary/aromatic N) is 2. The second kappa shape index (κ2) is 9.27. The van der Waals surface area contributed by atoms with Gasteiger partial charge in [0.15, 0.2) is 0 Å². The summed E-state index contributed by atoms with van der Waals surface area (Å²) in [6.07, 6.45) is 2.40. The molecule has 144 valence electrons. The van der Waals surface area contributed by atoms with Crippen molar-refractivity contribution in [2.45, 2.75) is 19.8 Å². The van der Waals surface area contributed by atoms with Gasteiger partial charge in [0.1, 0.15) is 12.4 Å². The summed E-state index contributed by atoms with van der Waals surface area (Å²) in [6.45, 7) is 1.29. The summed E-state index contributed by atoms with van der Waals surface area (Å²) in [4.78, 5) is 12.1. The van der Waals surface area contributed by atoms with E-state index in [1.807, 2.05) is 30.3 Å². The molecule has 8 heteroatoms. The number of benzene rings is 2. The van der Waals surface area contributed by atoms with E-state index in [9.17, 15) is 17.6 Å². The molecule has 2 rings (SSSR count). The van der Waals surface area contributed by atoms with Crippen molar-refractivity contribution >= 4 is 27.3 Å². The van der Waals surface area contributed by atoms with Crippen molar-refractivity contribution < 1.29 is 17.6 Å². The maximum Gasteiger partial charge on any atom is 0.260 e. The molecule has 1 N–H and O–H groups in total. The molecule has 2 aromatic carbocycles. The van der Waals surface area contributed by atoms with Gasteiger partial charge in [-0.1, -0.05) is 36.4 Å². The van der Waals surface area contributed by atoms with E-state index >= 15 is 0 Å². The highest BCUT2D eigenvalue weighted by atomic mass is 32.2. The first-order valence-electron chi connectivity index (χ1n) is 8.35. The quantitative estimate of drug-likeness (QED) is 0.555. The van der Waals surface area contributed by atoms with Crippen molar-refractivity contribution in [2.75, 3.05) is 17.1 Å². The molecule has 0 saturated carbocycles. The minimum absolute atomic E-state index is 0.0810. The summed E-state index contributed by atoms with van der Waals surface area (Å²) in [7, 11) is -3.76. The molecular weight excluding hydrogens is 369 g/mol. The lowest BCUT2D eigenvalue weighted by atomic mass is 10.1. The number of rotatable bonds is 8. The lowest BCUT2D eigenvalue weighted by Gasteiger charge is -2.21. The number of hydrazone groups is 1. The molecule has 0 heterocycles. The lowest BCUT2D eigenvalue weighted by Crippen LogP contribution is -2.39. The Morgan fingerprint density at radius 1 is 1.15 bits per heavy atom. The first kappa shape index (κ1) is 20.6. The van der Waals surface area contributed by atoms with Gasteiger partial charge in [-0.2, -0.15) is 5.10 Å². The van der Waals surface area contributed by atoms with Crippen molar-refractivity contribution in [1.82, 2.24) is 5.43 Å². The summed E-state index contributed by atoms with van der Waals surface area (Å²) in [5.74, 6) is -1.19. The van der Waals surface area contributed by atoms with E-state index in [-0.39, 0.29) is 5.69 Å². The van der Waals surface area contributed by atoms with Crippen LogP contribution in [0.3, 0.4) is 0 Å². The number of amides is 1. The number of aryl methyl sites for hydroxylation is 1. The van der Waals surface area contributed by atoms with Gasteiger partial charge in [-0.3, -0.25) is 9.10 Å². The van der Waals surface area contributed by atoms with Gasteiger partial charge in [0.05, 0.1) is 11.9 Å². The second-order valence-corrected chi connectivity index (χ2v) is 8.02. The molecule has 0 bridgehead atoms. The normalized spacial score (nSPS) is 11.9. The maximum absolute atomic E-state index is 13.4. The SMILES string of the molecule is C/C(CCc1ccccc1)=N/NC(=O)CN(c1cccc(F)c1)S(C)(=O)=O. The number of carbonyl (C=O) groups is 1. The van der Waals surface area contributed by atoms with Crippen LogP contribution in [0.25, 0.3) is 0 Å². The topological polar surface area (TPSA) is 78.8 Å². The van der Waals surface area contributed by atoms with E-state index in [4.69, 9.17) is 0 Å². The molecule has 0 radical (unpaired) electrons. The predicted molar refractivity (Wildman–Crippen MR) is 105 cm³/mol. The Hall–Kier alpha value is -2.74. The molecule has 0 aliphatic carbocycles. The highest BCUT2D eigenvalue weighted by Crippen LogP contribution is 2.18. The van der Waals surface area contributed by atoms with Gasteiger partial charge in [0.2, 0.25) is 10.0 Å². The Balaban J connectivity index is 1.97. The zero-order valence-electron chi connectivity index (χ0n) is 15.2. The maximum atomic E-state index is 13.4. The fraction of sp³-hybridized carbons (Fsp3) is 0.263. The number of carbonyl (C=O) groups excluding carboxylic acids is 1. The van der Waals surface area contributed by atoms with Crippen LogP contribution in [0, 0.1) is 5.82 Å². The van der Waals surface area contributed by atoms with Crippen molar-refractivity contribution in [3.8, 4) is 0 Å². The zero-order valence-corrected chi connectivity index (χ0v) is 16.0. The third-order valence-electron chi connectivity index (χ3n) is 3.77. The average molecular weight is 391 g/mol. The Bertz CT molecular complexity index is 915. The van der Waals surface area contributed by atoms with Crippen LogP contribution in [0.1, 0.15) is 18.9 Å². The number of hydrogen-bond donors (Lipinski definition) is 1. The predicted octanol–water partition coefficient (Wildman–Crippen LogP) is 2.72. The van der Waals surface area contributed by atoms with Gasteiger partial charge < -0.3 is 0 Å². The average Bonchev–Trinajstić information content (AvgIpc) is 2.62. The third kappa shape index (κ3) is 6.82. The minimum Gasteiger partial charge on any atom is -0.271 e. The van der Waals surface area contributed by atoms with Gasteiger partial charge in [-0.25, -0.2) is 18.2 Å². The van der Waals surface area contributed by atoms with E-state index in [0.29, 0.717) is 12.1 Å². The number of nitrogens with one attached hydrogen (secondary N) is 1. The van der Waals surface area contributed by atoms with Crippen LogP contribution in [-0.4, -0.2) is 32.8 Å². The fourth-order valence-electron chi connectivity index (χ4n) is 2.38. The molecule has 0 aliphatic heterocycles. The number of halogens is 1. The van der Waals surface area contributed by atoms with Crippen LogP contribution in [0.4, 0.5) is 10.1 Å². The van der Waals surface area contributed by atoms with Gasteiger partial charge in [-0.15, -0.1) is 0 Å². The summed E-state index contributed by atoms with van der Waals surface area (Å²) in [6, 6.07) is 14.9. The summed E-state index contributed by atoms with van der Waals surface area (Å²) >= 11 is 0. The van der Waals surface area contributed by atoms with Crippen molar-refractivity contribution in [1.29, 1.82) is 0 Å². The Morgan fingerprint density at radius 3 is 2.48 bits per heavy atom. The second-order valence-electron chi connectivity index (χ2n) is 6.12. The highest BCUT2D eigenvalue weighted by Gasteiger charge is 2.21. The molecule has 0 aromatic heterocycles. The summed E-state index contributed by atoms with van der Waals surface area (Å²) < 4.78 is 38.1. The van der Waals surface area contributed by atoms with Crippen LogP contribution in [0.15, 0.2) is 59.7 Å². The fourth-order valence-corrected chi connectivity index (χ4v) is 3.23. The lowest BCUT2D eigenvalue weighted by molar-refractivity contribution is -0.119. The largest absolute Gasteiger partial charge is 0.271 e. The van der Waals surface area contributed by atoms with Gasteiger partial charge in [-0.05, 0) is 43.5 Å². The first-order chi connectivity index (χ1) is 12.8. The van der Waals surface area contributed by atoms with Gasteiger partial charge in [0, 0.05) is 5.71 Å². The molecule has 2 aromatic rings. The molecule has 0 fully saturated rings. The smallest absolute Gasteiger partial charge is 0.260 e. The summed E-state index contributed by atoms with van der Waals surface area (Å²) in [5, 5.41) is 4.01. The first-order valence-corrected chi connectivity index (χ1v) is 10.2. The number of sulfonamides is 1. The third-order valence-corrected chi connectivity index (χ3v) is 4.91. The molecule has 1 amide bonds. The van der Waals surface area contributed by atoms with Crippen LogP contribution < -0.4 is 9.73 Å². The molecule has 0 saturated heterocycles. The van der Waals surface area contributed by atoms with Crippen LogP contribution in [-0.2, 0) is 21.2 Å². The highest BCUT2D eigenvalue weighted by molar-refractivity contribution is 7.92. The van der Waals surface area contributed by atoms with E-state index in [2.05, 4.69) is 10.5 Å². The molecular formula is C19H22FN3O3S. The zero-order chi connectivity index (χ0) is 19.9. The van der Waals surface area contributed by atoms with Gasteiger partial charge in [0.25, 0.3) is 5.91 Å². The van der Waals surface area contributed by atoms with E-state index in [1.54, 1.807) is 6.92 Å². The van der Waals surface area contributed by atoms with E-state index in [0.717, 1.165) is 28.6 Å². The van der Waals surface area contributed by atoms with Gasteiger partial charge >= 0.3 is 0 Å². The van der Waals surface area contributed by atoms with Crippen LogP contribution in [0.5, 0.6) is 0 Å². The van der Waals surface area contributed by atoms with Crippen molar-refractivity contribution in [3.05, 3.63) is 66.0 Å². The molecule has 27 heavy (non-hydrogen) atoms. The Morgan fingerprint density at radius 2 is 1.85 bits per heavy atom. The monoisotopic (exact) mass is 391 g/mol. The van der Waals surface area contributed by atoms with Crippen LogP contribution in [0.2, 0.25) is 0 Å². The van der Waals surface area contributed by atoms with E-state index in [1.165, 1.54) is 18.2 Å². The van der Waals surface area contributed by atoms with Crippen LogP contribution >= 0.6 is 0 Å². The molecule has 0 spiro atoms. The van der Waals surface area contributed by atoms with Crippen molar-refractivity contribution in [3.63, 3.8) is 0 Å². The van der Waals surface area contributed by atoms with Crippen molar-refractivity contribution in [2.24, 2.45) is 5.10 Å². The van der Waals surface area contributed by atoms with E-state index < -0.39 is 28.3 Å². The number of anilines is 1. The molecule has 0 unspecified atom stereocenters. The minimum atomic E-state index is -3.76. The Kier molecular flexibility index (Phi) is 7.06. The summed E-state index contributed by atoms with van der Waals surface area (Å²) in [5.41, 5.74) is 4.31.